The Morgan fingerprint density at radius 1 is 1.34 bits per heavy atom. The highest BCUT2D eigenvalue weighted by atomic mass is 32.1. The molecule has 2 aliphatic rings. The SMILES string of the molecule is CN1C(=O)c2cc(C(=O)NCc3cccs3)nn2C[C@]1(C)C(=O)NC1CCCC1. The predicted molar refractivity (Wildman–Crippen MR) is 109 cm³/mol. The van der Waals surface area contributed by atoms with Crippen LogP contribution in [-0.2, 0) is 17.9 Å². The van der Waals surface area contributed by atoms with Crippen molar-refractivity contribution in [2.45, 2.75) is 57.3 Å². The molecule has 0 saturated heterocycles. The van der Waals surface area contributed by atoms with Crippen molar-refractivity contribution in [1.82, 2.24) is 25.3 Å². The molecule has 0 aromatic carbocycles. The molecule has 2 N–H and O–H groups in total. The molecule has 1 aliphatic heterocycles. The Hall–Kier alpha value is -2.68. The third kappa shape index (κ3) is 3.66. The van der Waals surface area contributed by atoms with Gasteiger partial charge in [-0.25, -0.2) is 0 Å². The van der Waals surface area contributed by atoms with Crippen molar-refractivity contribution in [3.63, 3.8) is 0 Å². The number of carbonyl (C=O) groups is 3. The first-order valence-electron chi connectivity index (χ1n) is 9.86. The maximum atomic E-state index is 13.0. The van der Waals surface area contributed by atoms with Gasteiger partial charge in [0.2, 0.25) is 5.91 Å². The minimum atomic E-state index is -1.05. The summed E-state index contributed by atoms with van der Waals surface area (Å²) in [6.07, 6.45) is 4.18. The summed E-state index contributed by atoms with van der Waals surface area (Å²) in [5.74, 6) is -0.830. The van der Waals surface area contributed by atoms with Crippen LogP contribution in [0.15, 0.2) is 23.6 Å². The zero-order valence-corrected chi connectivity index (χ0v) is 17.4. The van der Waals surface area contributed by atoms with Gasteiger partial charge in [-0.3, -0.25) is 19.1 Å². The maximum Gasteiger partial charge on any atom is 0.272 e. The molecule has 3 heterocycles. The number of likely N-dealkylation sites (N-methyl/N-ethyl adjacent to an activating group) is 1. The van der Waals surface area contributed by atoms with Gasteiger partial charge < -0.3 is 15.5 Å². The second-order valence-electron chi connectivity index (χ2n) is 7.93. The van der Waals surface area contributed by atoms with Crippen molar-refractivity contribution in [2.75, 3.05) is 7.05 Å². The summed E-state index contributed by atoms with van der Waals surface area (Å²) >= 11 is 1.56. The average molecular weight is 416 g/mol. The molecule has 1 atom stereocenters. The smallest absolute Gasteiger partial charge is 0.272 e. The number of nitrogens with one attached hydrogen (secondary N) is 2. The van der Waals surface area contributed by atoms with Gasteiger partial charge in [0.05, 0.1) is 13.1 Å². The summed E-state index contributed by atoms with van der Waals surface area (Å²) < 4.78 is 1.48. The van der Waals surface area contributed by atoms with Crippen LogP contribution < -0.4 is 10.6 Å². The molecular formula is C20H25N5O3S. The maximum absolute atomic E-state index is 13.0. The number of fused-ring (bicyclic) bond motifs is 1. The molecule has 1 aliphatic carbocycles. The molecule has 154 valence electrons. The first kappa shape index (κ1) is 19.6. The van der Waals surface area contributed by atoms with Gasteiger partial charge in [-0.05, 0) is 31.2 Å². The molecule has 2 aromatic rings. The summed E-state index contributed by atoms with van der Waals surface area (Å²) in [5.41, 5.74) is -0.553. The van der Waals surface area contributed by atoms with Crippen LogP contribution in [0.5, 0.6) is 0 Å². The van der Waals surface area contributed by atoms with Crippen LogP contribution in [0.3, 0.4) is 0 Å². The first-order valence-corrected chi connectivity index (χ1v) is 10.7. The zero-order valence-electron chi connectivity index (χ0n) is 16.6. The Morgan fingerprint density at radius 2 is 2.10 bits per heavy atom. The standard InChI is InChI=1S/C20H25N5O3S/c1-20(19(28)22-13-6-3-4-7-13)12-25-16(18(27)24(20)2)10-15(23-25)17(26)21-11-14-8-5-9-29-14/h5,8-10,13H,3-4,6-7,11-12H2,1-2H3,(H,21,26)(H,22,28)/t20-/m1/s1. The number of hydrogen-bond acceptors (Lipinski definition) is 5. The van der Waals surface area contributed by atoms with E-state index in [1.165, 1.54) is 15.6 Å². The lowest BCUT2D eigenvalue weighted by molar-refractivity contribution is -0.133. The Bertz CT molecular complexity index is 932. The molecule has 0 unspecified atom stereocenters. The van der Waals surface area contributed by atoms with Gasteiger partial charge in [0.15, 0.2) is 5.69 Å². The third-order valence-corrected chi connectivity index (χ3v) is 6.79. The van der Waals surface area contributed by atoms with Gasteiger partial charge in [0.25, 0.3) is 11.8 Å². The van der Waals surface area contributed by atoms with Crippen molar-refractivity contribution in [1.29, 1.82) is 0 Å². The van der Waals surface area contributed by atoms with Crippen LogP contribution >= 0.6 is 11.3 Å². The molecular weight excluding hydrogens is 390 g/mol. The number of hydrogen-bond donors (Lipinski definition) is 2. The van der Waals surface area contributed by atoms with Crippen LogP contribution in [0.2, 0.25) is 0 Å². The Kier molecular flexibility index (Phi) is 5.16. The second-order valence-corrected chi connectivity index (χ2v) is 8.96. The third-order valence-electron chi connectivity index (χ3n) is 5.92. The lowest BCUT2D eigenvalue weighted by Gasteiger charge is -2.41. The molecule has 0 spiro atoms. The van der Waals surface area contributed by atoms with E-state index in [0.29, 0.717) is 12.2 Å². The average Bonchev–Trinajstić information content (AvgIpc) is 3.45. The van der Waals surface area contributed by atoms with Crippen molar-refractivity contribution < 1.29 is 14.4 Å². The fraction of sp³-hybridized carbons (Fsp3) is 0.500. The van der Waals surface area contributed by atoms with Crippen LogP contribution in [-0.4, -0.2) is 51.0 Å². The fourth-order valence-corrected chi connectivity index (χ4v) is 4.56. The number of carbonyl (C=O) groups excluding carboxylic acids is 3. The Morgan fingerprint density at radius 3 is 2.79 bits per heavy atom. The molecule has 1 saturated carbocycles. The molecule has 0 bridgehead atoms. The molecule has 1 fully saturated rings. The minimum absolute atomic E-state index is 0.167. The number of amides is 3. The van der Waals surface area contributed by atoms with Crippen LogP contribution in [0.25, 0.3) is 0 Å². The van der Waals surface area contributed by atoms with E-state index in [2.05, 4.69) is 15.7 Å². The number of rotatable bonds is 5. The topological polar surface area (TPSA) is 96.3 Å². The molecule has 0 radical (unpaired) electrons. The number of aromatic nitrogens is 2. The monoisotopic (exact) mass is 415 g/mol. The molecule has 29 heavy (non-hydrogen) atoms. The summed E-state index contributed by atoms with van der Waals surface area (Å²) in [5, 5.41) is 12.2. The first-order chi connectivity index (χ1) is 13.9. The van der Waals surface area contributed by atoms with Crippen molar-refractivity contribution in [3.8, 4) is 0 Å². The number of nitrogens with zero attached hydrogens (tertiary/aromatic N) is 3. The van der Waals surface area contributed by atoms with Gasteiger partial charge in [0.1, 0.15) is 11.2 Å². The number of thiophene rings is 1. The Balaban J connectivity index is 1.51. The molecule has 4 rings (SSSR count). The molecule has 9 heteroatoms. The van der Waals surface area contributed by atoms with Crippen LogP contribution in [0.1, 0.15) is 58.5 Å². The fourth-order valence-electron chi connectivity index (χ4n) is 3.92. The van der Waals surface area contributed by atoms with E-state index in [-0.39, 0.29) is 36.0 Å². The van der Waals surface area contributed by atoms with E-state index in [9.17, 15) is 14.4 Å². The summed E-state index contributed by atoms with van der Waals surface area (Å²) in [6, 6.07) is 5.53. The lowest BCUT2D eigenvalue weighted by atomic mass is 9.95. The van der Waals surface area contributed by atoms with Crippen molar-refractivity contribution in [2.24, 2.45) is 0 Å². The molecule has 3 amide bonds. The normalized spacial score (nSPS) is 21.9. The van der Waals surface area contributed by atoms with E-state index in [1.54, 1.807) is 25.3 Å². The van der Waals surface area contributed by atoms with Crippen molar-refractivity contribution in [3.05, 3.63) is 39.8 Å². The summed E-state index contributed by atoms with van der Waals surface area (Å²) in [7, 11) is 1.63. The highest BCUT2D eigenvalue weighted by Gasteiger charge is 2.46. The minimum Gasteiger partial charge on any atom is -0.351 e. The quantitative estimate of drug-likeness (QED) is 0.778. The van der Waals surface area contributed by atoms with Crippen LogP contribution in [0, 0.1) is 0 Å². The van der Waals surface area contributed by atoms with E-state index in [1.807, 2.05) is 17.5 Å². The van der Waals surface area contributed by atoms with Gasteiger partial charge in [-0.1, -0.05) is 18.9 Å². The highest BCUT2D eigenvalue weighted by Crippen LogP contribution is 2.27. The van der Waals surface area contributed by atoms with E-state index < -0.39 is 5.54 Å². The van der Waals surface area contributed by atoms with E-state index >= 15 is 0 Å². The van der Waals surface area contributed by atoms with Gasteiger partial charge in [0, 0.05) is 24.0 Å². The predicted octanol–water partition coefficient (Wildman–Crippen LogP) is 1.78. The lowest BCUT2D eigenvalue weighted by Crippen LogP contribution is -2.63. The molecule has 8 nitrogen and oxygen atoms in total. The van der Waals surface area contributed by atoms with Gasteiger partial charge >= 0.3 is 0 Å². The highest BCUT2D eigenvalue weighted by molar-refractivity contribution is 7.09. The van der Waals surface area contributed by atoms with Gasteiger partial charge in [-0.2, -0.15) is 5.10 Å². The van der Waals surface area contributed by atoms with E-state index in [4.69, 9.17) is 0 Å². The van der Waals surface area contributed by atoms with Crippen LogP contribution in [0.4, 0.5) is 0 Å². The largest absolute Gasteiger partial charge is 0.351 e. The Labute approximate surface area is 173 Å². The van der Waals surface area contributed by atoms with Crippen molar-refractivity contribution >= 4 is 29.1 Å². The summed E-state index contributed by atoms with van der Waals surface area (Å²) in [6.45, 7) is 2.37. The summed E-state index contributed by atoms with van der Waals surface area (Å²) in [4.78, 5) is 40.9. The zero-order chi connectivity index (χ0) is 20.6. The molecule has 2 aromatic heterocycles. The van der Waals surface area contributed by atoms with Gasteiger partial charge in [-0.15, -0.1) is 11.3 Å². The van der Waals surface area contributed by atoms with E-state index in [0.717, 1.165) is 30.6 Å². The second kappa shape index (κ2) is 7.62.